The molecule has 0 fully saturated rings. The molecule has 2 atom stereocenters. The van der Waals surface area contributed by atoms with E-state index in [0.717, 1.165) is 21.5 Å². The van der Waals surface area contributed by atoms with Gasteiger partial charge in [-0.25, -0.2) is 9.59 Å². The maximum absolute atomic E-state index is 13.1. The van der Waals surface area contributed by atoms with E-state index < -0.39 is 35.8 Å². The van der Waals surface area contributed by atoms with Gasteiger partial charge in [0.2, 0.25) is 0 Å². The van der Waals surface area contributed by atoms with Crippen LogP contribution < -0.4 is 10.6 Å². The molecule has 10 heteroatoms. The van der Waals surface area contributed by atoms with Gasteiger partial charge in [-0.3, -0.25) is 9.59 Å². The van der Waals surface area contributed by atoms with Crippen molar-refractivity contribution >= 4 is 66.9 Å². The summed E-state index contributed by atoms with van der Waals surface area (Å²) in [5.74, 6) is -1.61. The lowest BCUT2D eigenvalue weighted by Gasteiger charge is -2.19. The Kier molecular flexibility index (Phi) is 10.0. The van der Waals surface area contributed by atoms with Gasteiger partial charge in [0, 0.05) is 22.6 Å². The molecule has 2 N–H and O–H groups in total. The smallest absolute Gasteiger partial charge is 0.329 e. The Hall–Kier alpha value is -4.02. The Morgan fingerprint density at radius 1 is 0.600 bits per heavy atom. The SMILES string of the molecule is COC(=O)[C@H](CSSC[C@H](NC(=O)c1cccc2ccccc12)C(=O)OC)NC(=O)c1cccc2ccccc12. The first-order chi connectivity index (χ1) is 19.4. The van der Waals surface area contributed by atoms with Crippen molar-refractivity contribution in [3.05, 3.63) is 96.1 Å². The van der Waals surface area contributed by atoms with E-state index in [2.05, 4.69) is 10.6 Å². The molecule has 40 heavy (non-hydrogen) atoms. The third-order valence-electron chi connectivity index (χ3n) is 6.20. The van der Waals surface area contributed by atoms with E-state index in [9.17, 15) is 19.2 Å². The maximum Gasteiger partial charge on any atom is 0.329 e. The quantitative estimate of drug-likeness (QED) is 0.151. The number of esters is 2. The molecular weight excluding hydrogens is 548 g/mol. The summed E-state index contributed by atoms with van der Waals surface area (Å²) in [7, 11) is 5.05. The van der Waals surface area contributed by atoms with Gasteiger partial charge in [0.1, 0.15) is 12.1 Å². The zero-order valence-corrected chi connectivity index (χ0v) is 23.6. The van der Waals surface area contributed by atoms with Crippen LogP contribution in [-0.2, 0) is 19.1 Å². The van der Waals surface area contributed by atoms with Crippen molar-refractivity contribution in [2.75, 3.05) is 25.7 Å². The van der Waals surface area contributed by atoms with Gasteiger partial charge in [-0.05, 0) is 33.7 Å². The van der Waals surface area contributed by atoms with E-state index in [1.165, 1.54) is 35.8 Å². The molecule has 0 aromatic heterocycles. The van der Waals surface area contributed by atoms with Crippen LogP contribution in [0.1, 0.15) is 20.7 Å². The molecule has 2 amide bonds. The lowest BCUT2D eigenvalue weighted by atomic mass is 10.0. The van der Waals surface area contributed by atoms with Gasteiger partial charge in [0.25, 0.3) is 11.8 Å². The van der Waals surface area contributed by atoms with Crippen LogP contribution in [0.5, 0.6) is 0 Å². The van der Waals surface area contributed by atoms with Crippen molar-refractivity contribution in [2.45, 2.75) is 12.1 Å². The molecule has 0 aliphatic rings. The summed E-state index contributed by atoms with van der Waals surface area (Å²) < 4.78 is 9.80. The average molecular weight is 577 g/mol. The van der Waals surface area contributed by atoms with Gasteiger partial charge in [-0.2, -0.15) is 0 Å². The Morgan fingerprint density at radius 2 is 0.975 bits per heavy atom. The second kappa shape index (κ2) is 13.9. The number of hydrogen-bond acceptors (Lipinski definition) is 8. The first-order valence-corrected chi connectivity index (χ1v) is 14.9. The highest BCUT2D eigenvalue weighted by Crippen LogP contribution is 2.25. The minimum atomic E-state index is -0.921. The molecule has 0 radical (unpaired) electrons. The molecule has 0 saturated heterocycles. The highest BCUT2D eigenvalue weighted by Gasteiger charge is 2.26. The Labute approximate surface area is 239 Å². The predicted octanol–water partition coefficient (Wildman–Crippen LogP) is 4.62. The summed E-state index contributed by atoms with van der Waals surface area (Å²) in [5, 5.41) is 8.89. The molecule has 4 aromatic carbocycles. The largest absolute Gasteiger partial charge is 0.467 e. The van der Waals surface area contributed by atoms with Crippen LogP contribution >= 0.6 is 21.6 Å². The van der Waals surface area contributed by atoms with Crippen molar-refractivity contribution < 1.29 is 28.7 Å². The number of hydrogen-bond donors (Lipinski definition) is 2. The highest BCUT2D eigenvalue weighted by atomic mass is 33.1. The lowest BCUT2D eigenvalue weighted by Crippen LogP contribution is -2.44. The van der Waals surface area contributed by atoms with Crippen LogP contribution in [-0.4, -0.2) is 61.6 Å². The van der Waals surface area contributed by atoms with Crippen LogP contribution in [0, 0.1) is 0 Å². The third-order valence-corrected chi connectivity index (χ3v) is 8.63. The van der Waals surface area contributed by atoms with Gasteiger partial charge >= 0.3 is 11.9 Å². The van der Waals surface area contributed by atoms with Crippen LogP contribution in [0.25, 0.3) is 21.5 Å². The van der Waals surface area contributed by atoms with Crippen molar-refractivity contribution in [2.24, 2.45) is 0 Å². The molecule has 4 aromatic rings. The summed E-state index contributed by atoms with van der Waals surface area (Å²) in [6, 6.07) is 23.9. The summed E-state index contributed by atoms with van der Waals surface area (Å²) >= 11 is 0. The van der Waals surface area contributed by atoms with Gasteiger partial charge in [0.15, 0.2) is 0 Å². The van der Waals surface area contributed by atoms with Gasteiger partial charge in [0.05, 0.1) is 14.2 Å². The fourth-order valence-corrected chi connectivity index (χ4v) is 6.47. The molecule has 0 aliphatic carbocycles. The summed E-state index contributed by atoms with van der Waals surface area (Å²) in [6.45, 7) is 0. The lowest BCUT2D eigenvalue weighted by molar-refractivity contribution is -0.143. The normalized spacial score (nSPS) is 12.3. The van der Waals surface area contributed by atoms with Crippen LogP contribution in [0.15, 0.2) is 84.9 Å². The number of carbonyl (C=O) groups excluding carboxylic acids is 4. The number of ether oxygens (including phenoxy) is 2. The fraction of sp³-hybridized carbons (Fsp3) is 0.200. The molecule has 0 aliphatic heterocycles. The number of nitrogens with one attached hydrogen (secondary N) is 2. The van der Waals surface area contributed by atoms with Crippen LogP contribution in [0.3, 0.4) is 0 Å². The molecule has 0 spiro atoms. The standard InChI is InChI=1S/C30H28N2O6S2/c1-37-29(35)25(31-27(33)23-15-7-11-19-9-3-5-13-21(19)23)17-39-40-18-26(30(36)38-2)32-28(34)24-16-8-12-20-10-4-6-14-22(20)24/h3-16,25-26H,17-18H2,1-2H3,(H,31,33)(H,32,34)/t25-,26-/m0/s1. The minimum Gasteiger partial charge on any atom is -0.467 e. The summed E-state index contributed by atoms with van der Waals surface area (Å²) in [4.78, 5) is 51.0. The molecule has 8 nitrogen and oxygen atoms in total. The Balaban J connectivity index is 1.38. The number of rotatable bonds is 11. The number of amides is 2. The van der Waals surface area contributed by atoms with Crippen LogP contribution in [0.4, 0.5) is 0 Å². The van der Waals surface area contributed by atoms with E-state index in [1.54, 1.807) is 24.3 Å². The number of benzene rings is 4. The maximum atomic E-state index is 13.1. The fourth-order valence-electron chi connectivity index (χ4n) is 4.17. The molecule has 0 heterocycles. The van der Waals surface area contributed by atoms with E-state index >= 15 is 0 Å². The number of carbonyl (C=O) groups is 4. The molecule has 4 rings (SSSR count). The predicted molar refractivity (Wildman–Crippen MR) is 159 cm³/mol. The molecule has 0 bridgehead atoms. The zero-order chi connectivity index (χ0) is 28.5. The zero-order valence-electron chi connectivity index (χ0n) is 21.9. The van der Waals surface area contributed by atoms with Gasteiger partial charge in [-0.15, -0.1) is 0 Å². The first-order valence-electron chi connectivity index (χ1n) is 12.4. The van der Waals surface area contributed by atoms with Crippen molar-refractivity contribution in [3.63, 3.8) is 0 Å². The van der Waals surface area contributed by atoms with Crippen molar-refractivity contribution in [1.82, 2.24) is 10.6 Å². The Morgan fingerprint density at radius 3 is 1.38 bits per heavy atom. The topological polar surface area (TPSA) is 111 Å². The Bertz CT molecular complexity index is 1420. The van der Waals surface area contributed by atoms with E-state index in [1.807, 2.05) is 60.7 Å². The second-order valence-electron chi connectivity index (χ2n) is 8.72. The minimum absolute atomic E-state index is 0.180. The molecule has 0 saturated carbocycles. The average Bonchev–Trinajstić information content (AvgIpc) is 3.00. The van der Waals surface area contributed by atoms with E-state index in [-0.39, 0.29) is 11.5 Å². The third kappa shape index (κ3) is 6.94. The number of fused-ring (bicyclic) bond motifs is 2. The molecule has 0 unspecified atom stereocenters. The monoisotopic (exact) mass is 576 g/mol. The highest BCUT2D eigenvalue weighted by molar-refractivity contribution is 8.76. The summed E-state index contributed by atoms with van der Waals surface area (Å²) in [6.07, 6.45) is 0. The second-order valence-corrected chi connectivity index (χ2v) is 11.3. The molecular formula is C30H28N2O6S2. The summed E-state index contributed by atoms with van der Waals surface area (Å²) in [5.41, 5.74) is 0.901. The van der Waals surface area contributed by atoms with E-state index in [4.69, 9.17) is 9.47 Å². The first kappa shape index (κ1) is 29.0. The van der Waals surface area contributed by atoms with Crippen molar-refractivity contribution in [3.8, 4) is 0 Å². The molecule has 206 valence electrons. The van der Waals surface area contributed by atoms with Gasteiger partial charge < -0.3 is 20.1 Å². The number of methoxy groups -OCH3 is 2. The van der Waals surface area contributed by atoms with Gasteiger partial charge in [-0.1, -0.05) is 94.4 Å². The van der Waals surface area contributed by atoms with E-state index in [0.29, 0.717) is 11.1 Å². The van der Waals surface area contributed by atoms with Crippen LogP contribution in [0.2, 0.25) is 0 Å². The van der Waals surface area contributed by atoms with Crippen molar-refractivity contribution in [1.29, 1.82) is 0 Å².